The molecule has 0 heterocycles. The van der Waals surface area contributed by atoms with Crippen molar-refractivity contribution in [2.75, 3.05) is 18.4 Å². The molecule has 0 aliphatic carbocycles. The molecule has 0 unspecified atom stereocenters. The SMILES string of the molecule is CCN(CC)S(=O)(=O)c1ccc(F)c(C(=O)Nc2cccc([N+](=O)[O-])c2C)c1. The van der Waals surface area contributed by atoms with Gasteiger partial charge in [0.2, 0.25) is 10.0 Å². The van der Waals surface area contributed by atoms with Gasteiger partial charge in [-0.25, -0.2) is 12.8 Å². The first-order valence-electron chi connectivity index (χ1n) is 8.48. The molecule has 0 aromatic heterocycles. The van der Waals surface area contributed by atoms with Crippen LogP contribution in [0.5, 0.6) is 0 Å². The summed E-state index contributed by atoms with van der Waals surface area (Å²) in [5.41, 5.74) is -0.334. The largest absolute Gasteiger partial charge is 0.321 e. The van der Waals surface area contributed by atoms with E-state index in [2.05, 4.69) is 5.32 Å². The number of hydrogen-bond acceptors (Lipinski definition) is 5. The topological polar surface area (TPSA) is 110 Å². The van der Waals surface area contributed by atoms with Crippen molar-refractivity contribution in [1.82, 2.24) is 4.31 Å². The molecule has 0 atom stereocenters. The molecule has 0 aliphatic heterocycles. The molecule has 2 aromatic carbocycles. The molecule has 0 radical (unpaired) electrons. The number of benzene rings is 2. The van der Waals surface area contributed by atoms with E-state index < -0.39 is 32.2 Å². The molecule has 28 heavy (non-hydrogen) atoms. The lowest BCUT2D eigenvalue weighted by Crippen LogP contribution is -2.31. The molecule has 0 spiro atoms. The fourth-order valence-electron chi connectivity index (χ4n) is 2.70. The monoisotopic (exact) mass is 409 g/mol. The van der Waals surface area contributed by atoms with Crippen molar-refractivity contribution in [3.8, 4) is 0 Å². The summed E-state index contributed by atoms with van der Waals surface area (Å²) < 4.78 is 40.6. The van der Waals surface area contributed by atoms with Gasteiger partial charge >= 0.3 is 0 Å². The highest BCUT2D eigenvalue weighted by molar-refractivity contribution is 7.89. The lowest BCUT2D eigenvalue weighted by atomic mass is 10.1. The number of anilines is 1. The van der Waals surface area contributed by atoms with E-state index in [0.29, 0.717) is 0 Å². The molecule has 1 N–H and O–H groups in total. The number of amides is 1. The van der Waals surface area contributed by atoms with E-state index in [1.54, 1.807) is 13.8 Å². The van der Waals surface area contributed by atoms with Crippen molar-refractivity contribution in [3.63, 3.8) is 0 Å². The van der Waals surface area contributed by atoms with Gasteiger partial charge in [-0.2, -0.15) is 4.31 Å². The Balaban J connectivity index is 2.42. The molecule has 0 aliphatic rings. The number of hydrogen-bond donors (Lipinski definition) is 1. The molecule has 1 amide bonds. The van der Waals surface area contributed by atoms with Crippen LogP contribution in [0.2, 0.25) is 0 Å². The van der Waals surface area contributed by atoms with Crippen LogP contribution in [0.15, 0.2) is 41.3 Å². The van der Waals surface area contributed by atoms with Crippen LogP contribution in [0, 0.1) is 22.9 Å². The van der Waals surface area contributed by atoms with Gasteiger partial charge in [0, 0.05) is 19.2 Å². The first kappa shape index (κ1) is 21.5. The minimum absolute atomic E-state index is 0.135. The zero-order chi connectivity index (χ0) is 21.1. The Morgan fingerprint density at radius 3 is 2.43 bits per heavy atom. The van der Waals surface area contributed by atoms with E-state index in [1.807, 2.05) is 0 Å². The van der Waals surface area contributed by atoms with Crippen molar-refractivity contribution in [1.29, 1.82) is 0 Å². The minimum Gasteiger partial charge on any atom is -0.321 e. The Hall–Kier alpha value is -2.85. The van der Waals surface area contributed by atoms with Gasteiger partial charge in [0.05, 0.1) is 26.6 Å². The molecular weight excluding hydrogens is 389 g/mol. The molecule has 10 heteroatoms. The van der Waals surface area contributed by atoms with Crippen LogP contribution >= 0.6 is 0 Å². The second-order valence-electron chi connectivity index (χ2n) is 5.89. The van der Waals surface area contributed by atoms with Crippen LogP contribution in [0.25, 0.3) is 0 Å². The van der Waals surface area contributed by atoms with Gasteiger partial charge < -0.3 is 5.32 Å². The Morgan fingerprint density at radius 2 is 1.86 bits per heavy atom. The number of carbonyl (C=O) groups excluding carboxylic acids is 1. The third-order valence-corrected chi connectivity index (χ3v) is 6.32. The molecule has 0 fully saturated rings. The van der Waals surface area contributed by atoms with Gasteiger partial charge in [-0.3, -0.25) is 14.9 Å². The second kappa shape index (κ2) is 8.44. The Kier molecular flexibility index (Phi) is 6.47. The van der Waals surface area contributed by atoms with E-state index in [0.717, 1.165) is 18.2 Å². The lowest BCUT2D eigenvalue weighted by molar-refractivity contribution is -0.385. The molecule has 2 rings (SSSR count). The zero-order valence-electron chi connectivity index (χ0n) is 15.6. The zero-order valence-corrected chi connectivity index (χ0v) is 16.4. The lowest BCUT2D eigenvalue weighted by Gasteiger charge is -2.19. The van der Waals surface area contributed by atoms with Crippen LogP contribution in [-0.4, -0.2) is 36.6 Å². The number of halogens is 1. The first-order valence-corrected chi connectivity index (χ1v) is 9.92. The predicted octanol–water partition coefficient (Wildman–Crippen LogP) is 3.33. The average Bonchev–Trinajstić information content (AvgIpc) is 2.64. The molecule has 0 bridgehead atoms. The Morgan fingerprint density at radius 1 is 1.21 bits per heavy atom. The van der Waals surface area contributed by atoms with Gasteiger partial charge in [0.15, 0.2) is 0 Å². The summed E-state index contributed by atoms with van der Waals surface area (Å²) in [6.07, 6.45) is 0. The Labute approximate surface area is 162 Å². The highest BCUT2D eigenvalue weighted by atomic mass is 32.2. The maximum absolute atomic E-state index is 14.2. The van der Waals surface area contributed by atoms with E-state index in [9.17, 15) is 27.7 Å². The summed E-state index contributed by atoms with van der Waals surface area (Å²) in [6, 6.07) is 7.07. The standard InChI is InChI=1S/C18H20FN3O5S/c1-4-21(5-2)28(26,27)13-9-10-15(19)14(11-13)18(23)20-16-7-6-8-17(12(16)3)22(24)25/h6-11H,4-5H2,1-3H3,(H,20,23). The summed E-state index contributed by atoms with van der Waals surface area (Å²) in [5.74, 6) is -1.81. The van der Waals surface area contributed by atoms with Gasteiger partial charge in [-0.15, -0.1) is 0 Å². The number of carbonyl (C=O) groups is 1. The highest BCUT2D eigenvalue weighted by Crippen LogP contribution is 2.26. The molecular formula is C18H20FN3O5S. The van der Waals surface area contributed by atoms with E-state index in [1.165, 1.54) is 29.4 Å². The fraction of sp³-hybridized carbons (Fsp3) is 0.278. The highest BCUT2D eigenvalue weighted by Gasteiger charge is 2.25. The molecule has 150 valence electrons. The number of nitro benzene ring substituents is 1. The van der Waals surface area contributed by atoms with Crippen LogP contribution in [0.4, 0.5) is 15.8 Å². The maximum atomic E-state index is 14.2. The summed E-state index contributed by atoms with van der Waals surface area (Å²) in [7, 11) is -3.88. The van der Waals surface area contributed by atoms with Gasteiger partial charge in [-0.05, 0) is 31.2 Å². The molecule has 2 aromatic rings. The summed E-state index contributed by atoms with van der Waals surface area (Å²) in [6.45, 7) is 5.24. The van der Waals surface area contributed by atoms with Crippen molar-refractivity contribution in [2.24, 2.45) is 0 Å². The number of rotatable bonds is 7. The second-order valence-corrected chi connectivity index (χ2v) is 7.83. The summed E-state index contributed by atoms with van der Waals surface area (Å²) >= 11 is 0. The first-order chi connectivity index (χ1) is 13.1. The average molecular weight is 409 g/mol. The van der Waals surface area contributed by atoms with Crippen LogP contribution in [0.1, 0.15) is 29.8 Å². The third-order valence-electron chi connectivity index (χ3n) is 4.28. The van der Waals surface area contributed by atoms with Crippen LogP contribution < -0.4 is 5.32 Å². The van der Waals surface area contributed by atoms with Crippen molar-refractivity contribution in [2.45, 2.75) is 25.7 Å². The smallest absolute Gasteiger partial charge is 0.274 e. The van der Waals surface area contributed by atoms with Gasteiger partial charge in [-0.1, -0.05) is 19.9 Å². The molecule has 8 nitrogen and oxygen atoms in total. The summed E-state index contributed by atoms with van der Waals surface area (Å²) in [5, 5.41) is 13.4. The number of nitro groups is 1. The third kappa shape index (κ3) is 4.18. The van der Waals surface area contributed by atoms with E-state index in [4.69, 9.17) is 0 Å². The minimum atomic E-state index is -3.88. The predicted molar refractivity (Wildman–Crippen MR) is 102 cm³/mol. The van der Waals surface area contributed by atoms with E-state index in [-0.39, 0.29) is 34.9 Å². The molecule has 0 saturated carbocycles. The van der Waals surface area contributed by atoms with Gasteiger partial charge in [0.25, 0.3) is 11.6 Å². The van der Waals surface area contributed by atoms with Crippen molar-refractivity contribution in [3.05, 3.63) is 63.5 Å². The van der Waals surface area contributed by atoms with Crippen molar-refractivity contribution >= 4 is 27.3 Å². The Bertz CT molecular complexity index is 1020. The normalized spacial score (nSPS) is 11.5. The fourth-order valence-corrected chi connectivity index (χ4v) is 4.18. The van der Waals surface area contributed by atoms with Crippen LogP contribution in [-0.2, 0) is 10.0 Å². The number of nitrogens with one attached hydrogen (secondary N) is 1. The van der Waals surface area contributed by atoms with Crippen molar-refractivity contribution < 1.29 is 22.5 Å². The number of sulfonamides is 1. The van der Waals surface area contributed by atoms with E-state index >= 15 is 0 Å². The van der Waals surface area contributed by atoms with Crippen LogP contribution in [0.3, 0.4) is 0 Å². The maximum Gasteiger partial charge on any atom is 0.274 e. The quantitative estimate of drug-likeness (QED) is 0.557. The van der Waals surface area contributed by atoms with Gasteiger partial charge in [0.1, 0.15) is 5.82 Å². The number of nitrogens with zero attached hydrogens (tertiary/aromatic N) is 2. The summed E-state index contributed by atoms with van der Waals surface area (Å²) in [4.78, 5) is 22.7. The molecule has 0 saturated heterocycles.